The number of benzene rings is 3. The second-order valence-electron chi connectivity index (χ2n) is 12.5. The average Bonchev–Trinajstić information content (AvgIpc) is 3.59. The SMILES string of the molecule is O=C1CCC(N2Cc3cc(C(=O)N4CCC5(CCN(C(c6ccccc6)c6ccccc6)CC5)C4)ccc3C2=O)C(=O)N1. The van der Waals surface area contributed by atoms with Gasteiger partial charge in [0.25, 0.3) is 11.8 Å². The Morgan fingerprint density at radius 1 is 0.837 bits per heavy atom. The molecule has 3 fully saturated rings. The van der Waals surface area contributed by atoms with Crippen LogP contribution in [0.4, 0.5) is 0 Å². The topological polar surface area (TPSA) is 90.0 Å². The summed E-state index contributed by atoms with van der Waals surface area (Å²) >= 11 is 0. The van der Waals surface area contributed by atoms with Crippen molar-refractivity contribution in [2.75, 3.05) is 26.2 Å². The molecule has 4 aliphatic heterocycles. The van der Waals surface area contributed by atoms with Crippen molar-refractivity contribution in [2.24, 2.45) is 5.41 Å². The summed E-state index contributed by atoms with van der Waals surface area (Å²) in [5.41, 5.74) is 4.60. The van der Waals surface area contributed by atoms with Crippen molar-refractivity contribution < 1.29 is 19.2 Å². The number of carbonyl (C=O) groups excluding carboxylic acids is 4. The summed E-state index contributed by atoms with van der Waals surface area (Å²) in [5, 5.41) is 2.34. The van der Waals surface area contributed by atoms with Gasteiger partial charge in [-0.25, -0.2) is 0 Å². The Hall–Kier alpha value is -4.30. The summed E-state index contributed by atoms with van der Waals surface area (Å²) in [6.07, 6.45) is 3.63. The van der Waals surface area contributed by atoms with Crippen LogP contribution in [0.2, 0.25) is 0 Å². The van der Waals surface area contributed by atoms with E-state index in [1.54, 1.807) is 12.1 Å². The van der Waals surface area contributed by atoms with E-state index in [0.29, 0.717) is 17.5 Å². The van der Waals surface area contributed by atoms with E-state index >= 15 is 0 Å². The van der Waals surface area contributed by atoms with Crippen LogP contribution in [0.1, 0.15) is 75.6 Å². The Kier molecular flexibility index (Phi) is 7.09. The van der Waals surface area contributed by atoms with E-state index in [0.717, 1.165) is 51.0 Å². The van der Waals surface area contributed by atoms with Crippen molar-refractivity contribution in [1.29, 1.82) is 0 Å². The maximum Gasteiger partial charge on any atom is 0.255 e. The molecule has 3 saturated heterocycles. The smallest absolute Gasteiger partial charge is 0.255 e. The van der Waals surface area contributed by atoms with Gasteiger partial charge in [0.05, 0.1) is 6.04 Å². The van der Waals surface area contributed by atoms with Crippen molar-refractivity contribution in [3.8, 4) is 0 Å². The summed E-state index contributed by atoms with van der Waals surface area (Å²) in [4.78, 5) is 56.8. The van der Waals surface area contributed by atoms with Crippen LogP contribution in [-0.4, -0.2) is 70.5 Å². The van der Waals surface area contributed by atoms with E-state index in [4.69, 9.17) is 0 Å². The Balaban J connectivity index is 1.02. The summed E-state index contributed by atoms with van der Waals surface area (Å²) in [5.74, 6) is -0.958. The maximum absolute atomic E-state index is 13.7. The molecule has 4 amide bonds. The molecule has 1 N–H and O–H groups in total. The number of nitrogens with zero attached hydrogens (tertiary/aromatic N) is 3. The monoisotopic (exact) mass is 576 g/mol. The minimum Gasteiger partial charge on any atom is -0.338 e. The van der Waals surface area contributed by atoms with Crippen LogP contribution in [-0.2, 0) is 16.1 Å². The first-order valence-electron chi connectivity index (χ1n) is 15.3. The molecule has 7 rings (SSSR count). The van der Waals surface area contributed by atoms with Crippen LogP contribution >= 0.6 is 0 Å². The number of imide groups is 1. The molecule has 0 aliphatic carbocycles. The van der Waals surface area contributed by atoms with Gasteiger partial charge < -0.3 is 9.80 Å². The lowest BCUT2D eigenvalue weighted by molar-refractivity contribution is -0.136. The number of likely N-dealkylation sites (tertiary alicyclic amines) is 2. The molecule has 1 atom stereocenters. The van der Waals surface area contributed by atoms with Crippen LogP contribution in [0.15, 0.2) is 78.9 Å². The predicted molar refractivity (Wildman–Crippen MR) is 161 cm³/mol. The second kappa shape index (κ2) is 11.1. The molecule has 8 nitrogen and oxygen atoms in total. The number of carbonyl (C=O) groups is 4. The zero-order valence-corrected chi connectivity index (χ0v) is 24.2. The fraction of sp³-hybridized carbons (Fsp3) is 0.371. The quantitative estimate of drug-likeness (QED) is 0.461. The van der Waals surface area contributed by atoms with E-state index in [2.05, 4.69) is 70.9 Å². The van der Waals surface area contributed by atoms with Crippen molar-refractivity contribution in [2.45, 2.75) is 50.7 Å². The summed E-state index contributed by atoms with van der Waals surface area (Å²) in [7, 11) is 0. The van der Waals surface area contributed by atoms with E-state index in [1.807, 2.05) is 11.0 Å². The number of hydrogen-bond acceptors (Lipinski definition) is 5. The van der Waals surface area contributed by atoms with Gasteiger partial charge in [-0.3, -0.25) is 29.4 Å². The van der Waals surface area contributed by atoms with Gasteiger partial charge in [-0.05, 0) is 79.1 Å². The zero-order valence-electron chi connectivity index (χ0n) is 24.2. The van der Waals surface area contributed by atoms with Crippen molar-refractivity contribution in [3.05, 3.63) is 107 Å². The first kappa shape index (κ1) is 27.5. The Bertz CT molecular complexity index is 1530. The molecule has 8 heteroatoms. The number of fused-ring (bicyclic) bond motifs is 1. The Morgan fingerprint density at radius 3 is 2.14 bits per heavy atom. The molecule has 0 aromatic heterocycles. The number of amides is 4. The Morgan fingerprint density at radius 2 is 1.49 bits per heavy atom. The molecule has 3 aromatic carbocycles. The fourth-order valence-corrected chi connectivity index (χ4v) is 7.55. The standard InChI is InChI=1S/C35H36N4O4/c40-30-14-13-29(32(41)36-30)39-22-27-21-26(11-12-28(27)34(39)43)33(42)38-20-17-35(23-38)15-18-37(19-16-35)31(24-7-3-1-4-8-24)25-9-5-2-6-10-25/h1-12,21,29,31H,13-20,22-23H2,(H,36,40,41). The molecule has 1 spiro atoms. The molecule has 220 valence electrons. The van der Waals surface area contributed by atoms with E-state index < -0.39 is 11.9 Å². The third kappa shape index (κ3) is 5.14. The molecular formula is C35H36N4O4. The molecule has 43 heavy (non-hydrogen) atoms. The first-order valence-corrected chi connectivity index (χ1v) is 15.3. The molecule has 4 aliphatic rings. The lowest BCUT2D eigenvalue weighted by Gasteiger charge is -2.43. The number of nitrogens with one attached hydrogen (secondary N) is 1. The highest BCUT2D eigenvalue weighted by molar-refractivity contribution is 6.06. The molecule has 1 unspecified atom stereocenters. The predicted octanol–water partition coefficient (Wildman–Crippen LogP) is 4.17. The van der Waals surface area contributed by atoms with Crippen LogP contribution in [0, 0.1) is 5.41 Å². The van der Waals surface area contributed by atoms with Gasteiger partial charge in [0, 0.05) is 37.2 Å². The number of piperidine rings is 2. The number of rotatable bonds is 5. The van der Waals surface area contributed by atoms with Gasteiger partial charge in [0.1, 0.15) is 6.04 Å². The van der Waals surface area contributed by atoms with Gasteiger partial charge in [-0.1, -0.05) is 60.7 Å². The summed E-state index contributed by atoms with van der Waals surface area (Å²) < 4.78 is 0. The van der Waals surface area contributed by atoms with Crippen LogP contribution in [0.25, 0.3) is 0 Å². The molecule has 3 aromatic rings. The first-order chi connectivity index (χ1) is 20.9. The van der Waals surface area contributed by atoms with Crippen molar-refractivity contribution in [1.82, 2.24) is 20.0 Å². The minimum absolute atomic E-state index is 0.000423. The fourth-order valence-electron chi connectivity index (χ4n) is 7.55. The molecule has 0 saturated carbocycles. The normalized spacial score (nSPS) is 21.9. The highest BCUT2D eigenvalue weighted by atomic mass is 16.2. The van der Waals surface area contributed by atoms with Gasteiger partial charge in [-0.2, -0.15) is 0 Å². The largest absolute Gasteiger partial charge is 0.338 e. The lowest BCUT2D eigenvalue weighted by Crippen LogP contribution is -2.52. The van der Waals surface area contributed by atoms with Gasteiger partial charge >= 0.3 is 0 Å². The minimum atomic E-state index is -0.663. The van der Waals surface area contributed by atoms with E-state index in [-0.39, 0.29) is 42.1 Å². The summed E-state index contributed by atoms with van der Waals surface area (Å²) in [6, 6.07) is 26.3. The average molecular weight is 577 g/mol. The molecule has 0 bridgehead atoms. The molecular weight excluding hydrogens is 540 g/mol. The summed E-state index contributed by atoms with van der Waals surface area (Å²) in [6.45, 7) is 3.71. The van der Waals surface area contributed by atoms with Crippen LogP contribution in [0.5, 0.6) is 0 Å². The van der Waals surface area contributed by atoms with Crippen LogP contribution in [0.3, 0.4) is 0 Å². The van der Waals surface area contributed by atoms with Gasteiger partial charge in [-0.15, -0.1) is 0 Å². The van der Waals surface area contributed by atoms with Gasteiger partial charge in [0.15, 0.2) is 0 Å². The van der Waals surface area contributed by atoms with Crippen molar-refractivity contribution >= 4 is 23.6 Å². The van der Waals surface area contributed by atoms with E-state index in [1.165, 1.54) is 16.0 Å². The van der Waals surface area contributed by atoms with Crippen molar-refractivity contribution in [3.63, 3.8) is 0 Å². The Labute approximate surface area is 251 Å². The molecule has 4 heterocycles. The lowest BCUT2D eigenvalue weighted by atomic mass is 9.77. The van der Waals surface area contributed by atoms with E-state index in [9.17, 15) is 19.2 Å². The highest BCUT2D eigenvalue weighted by Crippen LogP contribution is 2.43. The van der Waals surface area contributed by atoms with Crippen LogP contribution < -0.4 is 5.32 Å². The second-order valence-corrected chi connectivity index (χ2v) is 12.5. The maximum atomic E-state index is 13.7. The number of hydrogen-bond donors (Lipinski definition) is 1. The molecule has 0 radical (unpaired) electrons. The highest BCUT2D eigenvalue weighted by Gasteiger charge is 2.44. The third-order valence-electron chi connectivity index (χ3n) is 9.95. The third-order valence-corrected chi connectivity index (χ3v) is 9.95. The zero-order chi connectivity index (χ0) is 29.6. The van der Waals surface area contributed by atoms with Gasteiger partial charge in [0.2, 0.25) is 11.8 Å².